The second-order valence-corrected chi connectivity index (χ2v) is 3.73. The average Bonchev–Trinajstić information content (AvgIpc) is 2.37. The molecule has 0 heterocycles. The molecule has 0 aliphatic heterocycles. The van der Waals surface area contributed by atoms with Crippen LogP contribution in [0.15, 0.2) is 16.6 Å². The number of allylic oxidation sites excluding steroid dienone is 1. The Kier molecular flexibility index (Phi) is 5.69. The van der Waals surface area contributed by atoms with Gasteiger partial charge < -0.3 is 9.84 Å². The van der Waals surface area contributed by atoms with Gasteiger partial charge in [-0.15, -0.1) is 4.91 Å². The van der Waals surface area contributed by atoms with Crippen LogP contribution in [0.25, 0.3) is 0 Å². The zero-order valence-electron chi connectivity index (χ0n) is 10.7. The second kappa shape index (κ2) is 6.23. The molecule has 134 valence electrons. The monoisotopic (exact) mass is 363 g/mol. The van der Waals surface area contributed by atoms with E-state index < -0.39 is 48.0 Å². The standard InChI is InChI=1S/C9H6F9NO4/c1-2-23-5(21)3(19-22)4(20)6(10,11)7(12,13)8(14,15)9(16,17)18/h20H,2H2,1H3/b4-3-. The van der Waals surface area contributed by atoms with Crippen LogP contribution in [0, 0.1) is 4.91 Å². The number of hydrogen-bond acceptors (Lipinski definition) is 5. The largest absolute Gasteiger partial charge is 0.504 e. The Morgan fingerprint density at radius 1 is 1.00 bits per heavy atom. The molecule has 0 aliphatic carbocycles. The van der Waals surface area contributed by atoms with Gasteiger partial charge in [0.2, 0.25) is 11.5 Å². The Bertz CT molecular complexity index is 512. The molecule has 5 nitrogen and oxygen atoms in total. The topological polar surface area (TPSA) is 76.0 Å². The number of esters is 1. The molecule has 0 aromatic carbocycles. The fraction of sp³-hybridized carbons (Fsp3) is 0.667. The molecular formula is C9H6F9NO4. The zero-order chi connectivity index (χ0) is 18.9. The van der Waals surface area contributed by atoms with E-state index in [1.807, 2.05) is 0 Å². The van der Waals surface area contributed by atoms with Crippen LogP contribution in [0.1, 0.15) is 6.92 Å². The predicted molar refractivity (Wildman–Crippen MR) is 53.0 cm³/mol. The first-order chi connectivity index (χ1) is 10.1. The molecule has 1 N–H and O–H groups in total. The van der Waals surface area contributed by atoms with E-state index in [0.29, 0.717) is 0 Å². The summed E-state index contributed by atoms with van der Waals surface area (Å²) in [6.45, 7) is 0.383. The zero-order valence-corrected chi connectivity index (χ0v) is 10.7. The number of halogens is 9. The first-order valence-corrected chi connectivity index (χ1v) is 5.23. The SMILES string of the molecule is CCOC(=O)/C(N=O)=C(/O)C(F)(F)C(F)(F)C(F)(F)C(F)(F)F. The van der Waals surface area contributed by atoms with E-state index >= 15 is 0 Å². The molecule has 0 unspecified atom stereocenters. The van der Waals surface area contributed by atoms with Gasteiger partial charge in [0.05, 0.1) is 6.61 Å². The van der Waals surface area contributed by atoms with E-state index in [-0.39, 0.29) is 0 Å². The molecule has 0 bridgehead atoms. The summed E-state index contributed by atoms with van der Waals surface area (Å²) < 4.78 is 117. The van der Waals surface area contributed by atoms with Crippen molar-refractivity contribution in [3.8, 4) is 0 Å². The van der Waals surface area contributed by atoms with E-state index in [0.717, 1.165) is 6.92 Å². The number of hydrogen-bond donors (Lipinski definition) is 1. The fourth-order valence-electron chi connectivity index (χ4n) is 1.05. The van der Waals surface area contributed by atoms with Gasteiger partial charge in [-0.2, -0.15) is 39.5 Å². The number of carbonyl (C=O) groups excluding carboxylic acids is 1. The van der Waals surface area contributed by atoms with E-state index in [2.05, 4.69) is 4.74 Å². The number of nitrogens with zero attached hydrogens (tertiary/aromatic N) is 1. The molecule has 0 fully saturated rings. The van der Waals surface area contributed by atoms with Crippen molar-refractivity contribution in [1.29, 1.82) is 0 Å². The number of aliphatic hydroxyl groups is 1. The van der Waals surface area contributed by atoms with Crippen LogP contribution in [-0.4, -0.2) is 41.6 Å². The summed E-state index contributed by atoms with van der Waals surface area (Å²) in [5.41, 5.74) is -2.48. The number of nitroso groups, excluding NO2 is 1. The van der Waals surface area contributed by atoms with Crippen molar-refractivity contribution in [1.82, 2.24) is 0 Å². The summed E-state index contributed by atoms with van der Waals surface area (Å²) >= 11 is 0. The summed E-state index contributed by atoms with van der Waals surface area (Å²) in [6.07, 6.45) is -7.13. The Balaban J connectivity index is 6.23. The van der Waals surface area contributed by atoms with Crippen LogP contribution in [-0.2, 0) is 9.53 Å². The maximum absolute atomic E-state index is 13.2. The van der Waals surface area contributed by atoms with Gasteiger partial charge in [-0.3, -0.25) is 0 Å². The van der Waals surface area contributed by atoms with Gasteiger partial charge in [-0.1, -0.05) is 0 Å². The van der Waals surface area contributed by atoms with Crippen molar-refractivity contribution in [3.05, 3.63) is 16.4 Å². The average molecular weight is 363 g/mol. The van der Waals surface area contributed by atoms with Gasteiger partial charge in [0.15, 0.2) is 0 Å². The smallest absolute Gasteiger partial charge is 0.460 e. The van der Waals surface area contributed by atoms with Crippen LogP contribution < -0.4 is 0 Å². The molecule has 0 spiro atoms. The molecule has 0 aromatic heterocycles. The number of carbonyl (C=O) groups is 1. The maximum atomic E-state index is 13.2. The lowest BCUT2D eigenvalue weighted by Gasteiger charge is -2.33. The molecule has 0 rings (SSSR count). The van der Waals surface area contributed by atoms with Crippen molar-refractivity contribution in [2.45, 2.75) is 30.9 Å². The molecule has 0 radical (unpaired) electrons. The normalized spacial score (nSPS) is 15.0. The van der Waals surface area contributed by atoms with Gasteiger partial charge in [-0.05, 0) is 12.1 Å². The van der Waals surface area contributed by atoms with Gasteiger partial charge >= 0.3 is 29.9 Å². The third kappa shape index (κ3) is 3.34. The summed E-state index contributed by atoms with van der Waals surface area (Å²) in [5.74, 6) is -26.8. The Morgan fingerprint density at radius 3 is 1.74 bits per heavy atom. The molecule has 0 atom stereocenters. The van der Waals surface area contributed by atoms with E-state index in [4.69, 9.17) is 5.11 Å². The third-order valence-corrected chi connectivity index (χ3v) is 2.23. The van der Waals surface area contributed by atoms with Gasteiger partial charge in [-0.25, -0.2) is 4.79 Å². The molecule has 0 amide bonds. The first kappa shape index (κ1) is 21.0. The molecule has 23 heavy (non-hydrogen) atoms. The number of alkyl halides is 9. The van der Waals surface area contributed by atoms with Crippen molar-refractivity contribution in [3.63, 3.8) is 0 Å². The fourth-order valence-corrected chi connectivity index (χ4v) is 1.05. The van der Waals surface area contributed by atoms with Crippen LogP contribution in [0.3, 0.4) is 0 Å². The molecule has 14 heteroatoms. The van der Waals surface area contributed by atoms with E-state index in [9.17, 15) is 49.2 Å². The Labute approximate surface area is 120 Å². The highest BCUT2D eigenvalue weighted by atomic mass is 19.4. The first-order valence-electron chi connectivity index (χ1n) is 5.23. The second-order valence-electron chi connectivity index (χ2n) is 3.73. The van der Waals surface area contributed by atoms with E-state index in [1.54, 1.807) is 0 Å². The van der Waals surface area contributed by atoms with E-state index in [1.165, 1.54) is 5.18 Å². The lowest BCUT2D eigenvalue weighted by molar-refractivity contribution is -0.392. The molecule has 0 aromatic rings. The summed E-state index contributed by atoms with van der Waals surface area (Å²) in [5, 5.41) is 10.1. The summed E-state index contributed by atoms with van der Waals surface area (Å²) in [7, 11) is 0. The molecule has 0 saturated heterocycles. The number of rotatable bonds is 6. The highest BCUT2D eigenvalue weighted by Gasteiger charge is 2.83. The summed E-state index contributed by atoms with van der Waals surface area (Å²) in [6, 6.07) is 0. The minimum absolute atomic E-state index is 0.647. The Morgan fingerprint density at radius 2 is 1.43 bits per heavy atom. The highest BCUT2D eigenvalue weighted by molar-refractivity contribution is 5.88. The minimum Gasteiger partial charge on any atom is -0.504 e. The van der Waals surface area contributed by atoms with Crippen LogP contribution in [0.5, 0.6) is 0 Å². The van der Waals surface area contributed by atoms with Crippen molar-refractivity contribution >= 4 is 5.97 Å². The minimum atomic E-state index is -7.31. The third-order valence-electron chi connectivity index (χ3n) is 2.23. The van der Waals surface area contributed by atoms with Crippen LogP contribution >= 0.6 is 0 Å². The lowest BCUT2D eigenvalue weighted by Crippen LogP contribution is -2.61. The summed E-state index contributed by atoms with van der Waals surface area (Å²) in [4.78, 5) is 21.0. The van der Waals surface area contributed by atoms with Gasteiger partial charge in [0, 0.05) is 0 Å². The highest BCUT2D eigenvalue weighted by Crippen LogP contribution is 2.55. The van der Waals surface area contributed by atoms with Gasteiger partial charge in [0.25, 0.3) is 0 Å². The van der Waals surface area contributed by atoms with Crippen molar-refractivity contribution in [2.75, 3.05) is 6.61 Å². The van der Waals surface area contributed by atoms with Crippen molar-refractivity contribution < 1.29 is 54.2 Å². The predicted octanol–water partition coefficient (Wildman–Crippen LogP) is 3.55. The molecular weight excluding hydrogens is 357 g/mol. The molecule has 0 saturated carbocycles. The maximum Gasteiger partial charge on any atom is 0.460 e. The number of aliphatic hydroxyl groups excluding tert-OH is 1. The number of ether oxygens (including phenoxy) is 1. The van der Waals surface area contributed by atoms with Crippen LogP contribution in [0.2, 0.25) is 0 Å². The van der Waals surface area contributed by atoms with Crippen molar-refractivity contribution in [2.24, 2.45) is 5.18 Å². The van der Waals surface area contributed by atoms with Crippen LogP contribution in [0.4, 0.5) is 39.5 Å². The lowest BCUT2D eigenvalue weighted by atomic mass is 10.0. The quantitative estimate of drug-likeness (QED) is 0.257. The van der Waals surface area contributed by atoms with Gasteiger partial charge in [0.1, 0.15) is 0 Å². The molecule has 0 aliphatic rings. The Hall–Kier alpha value is -2.02.